The molecule has 2 aliphatic rings. The first kappa shape index (κ1) is 22.8. The van der Waals surface area contributed by atoms with Crippen molar-refractivity contribution in [2.75, 3.05) is 0 Å². The van der Waals surface area contributed by atoms with Gasteiger partial charge in [0.05, 0.1) is 0 Å². The molecule has 0 spiro atoms. The second-order valence-electron chi connectivity index (χ2n) is 9.79. The van der Waals surface area contributed by atoms with E-state index in [1.807, 2.05) is 0 Å². The van der Waals surface area contributed by atoms with Gasteiger partial charge in [0, 0.05) is 11.8 Å². The largest absolute Gasteiger partial charge is 0.452 e. The van der Waals surface area contributed by atoms with Gasteiger partial charge >= 0.3 is 11.9 Å². The van der Waals surface area contributed by atoms with Crippen molar-refractivity contribution in [1.29, 1.82) is 0 Å². The second kappa shape index (κ2) is 10.3. The van der Waals surface area contributed by atoms with Crippen molar-refractivity contribution in [2.24, 2.45) is 35.5 Å². The van der Waals surface area contributed by atoms with Crippen molar-refractivity contribution in [3.05, 3.63) is 0 Å². The van der Waals surface area contributed by atoms with E-state index in [0.29, 0.717) is 35.5 Å². The van der Waals surface area contributed by atoms with E-state index in [4.69, 9.17) is 9.47 Å². The number of hydrogen-bond acceptors (Lipinski definition) is 4. The lowest BCUT2D eigenvalue weighted by molar-refractivity contribution is -0.150. The summed E-state index contributed by atoms with van der Waals surface area (Å²) in [5.41, 5.74) is 0. The molecule has 6 unspecified atom stereocenters. The summed E-state index contributed by atoms with van der Waals surface area (Å²) in [6.07, 6.45) is 6.02. The summed E-state index contributed by atoms with van der Waals surface area (Å²) in [5, 5.41) is 0. The van der Waals surface area contributed by atoms with Crippen molar-refractivity contribution in [1.82, 2.24) is 0 Å². The molecule has 6 atom stereocenters. The van der Waals surface area contributed by atoms with Gasteiger partial charge in [-0.05, 0) is 61.2 Å². The number of ether oxygens (including phenoxy) is 2. The molecule has 0 aromatic carbocycles. The fourth-order valence-corrected chi connectivity index (χ4v) is 4.94. The van der Waals surface area contributed by atoms with Gasteiger partial charge in [-0.1, -0.05) is 54.4 Å². The first-order valence-electron chi connectivity index (χ1n) is 11.1. The Kier molecular flexibility index (Phi) is 8.40. The molecular formula is C24H38O4. The zero-order valence-electron chi connectivity index (χ0n) is 18.5. The average molecular weight is 391 g/mol. The molecule has 0 N–H and O–H groups in total. The normalized spacial score (nSPS) is 33.1. The summed E-state index contributed by atoms with van der Waals surface area (Å²) in [7, 11) is 0. The number of esters is 2. The number of rotatable bonds is 4. The fourth-order valence-electron chi connectivity index (χ4n) is 4.94. The Morgan fingerprint density at radius 3 is 1.39 bits per heavy atom. The monoisotopic (exact) mass is 390 g/mol. The molecule has 2 fully saturated rings. The first-order valence-corrected chi connectivity index (χ1v) is 11.1. The molecule has 158 valence electrons. The van der Waals surface area contributed by atoms with Crippen LogP contribution in [0, 0.1) is 47.3 Å². The lowest BCUT2D eigenvalue weighted by Gasteiger charge is -2.36. The summed E-state index contributed by atoms with van der Waals surface area (Å²) >= 11 is 0. The predicted octanol–water partition coefficient (Wildman–Crippen LogP) is 5.00. The van der Waals surface area contributed by atoms with E-state index in [1.165, 1.54) is 12.8 Å². The van der Waals surface area contributed by atoms with Crippen LogP contribution in [0.15, 0.2) is 0 Å². The Morgan fingerprint density at radius 2 is 1.07 bits per heavy atom. The second-order valence-corrected chi connectivity index (χ2v) is 9.79. The lowest BCUT2D eigenvalue weighted by Crippen LogP contribution is -2.36. The van der Waals surface area contributed by atoms with Crippen LogP contribution in [0.4, 0.5) is 0 Å². The van der Waals surface area contributed by atoms with Gasteiger partial charge in [0.25, 0.3) is 0 Å². The Balaban J connectivity index is 1.92. The van der Waals surface area contributed by atoms with Crippen LogP contribution in [0.25, 0.3) is 0 Å². The van der Waals surface area contributed by atoms with Gasteiger partial charge in [0.15, 0.2) is 0 Å². The molecule has 28 heavy (non-hydrogen) atoms. The van der Waals surface area contributed by atoms with Crippen molar-refractivity contribution in [2.45, 2.75) is 92.3 Å². The van der Waals surface area contributed by atoms with Crippen LogP contribution in [0.3, 0.4) is 0 Å². The van der Waals surface area contributed by atoms with Gasteiger partial charge in [-0.2, -0.15) is 0 Å². The third kappa shape index (κ3) is 6.54. The summed E-state index contributed by atoms with van der Waals surface area (Å²) < 4.78 is 11.3. The molecule has 4 heteroatoms. The zero-order valence-corrected chi connectivity index (χ0v) is 18.5. The van der Waals surface area contributed by atoms with Gasteiger partial charge in [0.2, 0.25) is 0 Å². The van der Waals surface area contributed by atoms with Gasteiger partial charge in [0.1, 0.15) is 12.2 Å². The summed E-state index contributed by atoms with van der Waals surface area (Å²) in [6, 6.07) is 0. The van der Waals surface area contributed by atoms with Crippen molar-refractivity contribution in [3.63, 3.8) is 0 Å². The molecule has 2 rings (SSSR count). The molecule has 2 aliphatic carbocycles. The van der Waals surface area contributed by atoms with Gasteiger partial charge in [-0.3, -0.25) is 0 Å². The number of carbonyl (C=O) groups excluding carboxylic acids is 2. The topological polar surface area (TPSA) is 52.6 Å². The van der Waals surface area contributed by atoms with E-state index in [0.717, 1.165) is 25.7 Å². The third-order valence-electron chi connectivity index (χ3n) is 6.71. The van der Waals surface area contributed by atoms with Crippen LogP contribution in [-0.2, 0) is 19.1 Å². The Bertz CT molecular complexity index is 547. The van der Waals surface area contributed by atoms with E-state index in [9.17, 15) is 9.59 Å². The Hall–Kier alpha value is -1.50. The van der Waals surface area contributed by atoms with Crippen LogP contribution in [0.1, 0.15) is 80.1 Å². The highest BCUT2D eigenvalue weighted by Gasteiger charge is 2.34. The van der Waals surface area contributed by atoms with E-state index in [2.05, 4.69) is 53.4 Å². The molecular weight excluding hydrogens is 352 g/mol. The van der Waals surface area contributed by atoms with E-state index >= 15 is 0 Å². The molecule has 0 radical (unpaired) electrons. The third-order valence-corrected chi connectivity index (χ3v) is 6.71. The minimum Gasteiger partial charge on any atom is -0.452 e. The molecule has 0 aromatic rings. The minimum atomic E-state index is -0.612. The fraction of sp³-hybridized carbons (Fsp3) is 0.833. The highest BCUT2D eigenvalue weighted by Crippen LogP contribution is 2.36. The Morgan fingerprint density at radius 1 is 0.714 bits per heavy atom. The highest BCUT2D eigenvalue weighted by atomic mass is 16.5. The van der Waals surface area contributed by atoms with Crippen LogP contribution >= 0.6 is 0 Å². The first-order chi connectivity index (χ1) is 13.2. The van der Waals surface area contributed by atoms with Crippen LogP contribution < -0.4 is 0 Å². The quantitative estimate of drug-likeness (QED) is 0.385. The molecule has 0 amide bonds. The lowest BCUT2D eigenvalue weighted by atomic mass is 9.75. The maximum atomic E-state index is 12.2. The van der Waals surface area contributed by atoms with Crippen molar-refractivity contribution < 1.29 is 19.1 Å². The van der Waals surface area contributed by atoms with Gasteiger partial charge in [-0.25, -0.2) is 9.59 Å². The SMILES string of the molecule is CC1CCC(C(C)C)C(OC(=O)C#CC(=O)OC2CC(C)CCC2C(C)C)C1. The van der Waals surface area contributed by atoms with Crippen molar-refractivity contribution in [3.8, 4) is 11.8 Å². The highest BCUT2D eigenvalue weighted by molar-refractivity contribution is 5.98. The summed E-state index contributed by atoms with van der Waals surface area (Å²) in [6.45, 7) is 13.1. The molecule has 0 heterocycles. The van der Waals surface area contributed by atoms with Crippen LogP contribution in [-0.4, -0.2) is 24.1 Å². The number of hydrogen-bond donors (Lipinski definition) is 0. The van der Waals surface area contributed by atoms with Crippen molar-refractivity contribution >= 4 is 11.9 Å². The smallest absolute Gasteiger partial charge is 0.385 e. The van der Waals surface area contributed by atoms with E-state index in [-0.39, 0.29) is 12.2 Å². The van der Waals surface area contributed by atoms with Crippen LogP contribution in [0.2, 0.25) is 0 Å². The maximum absolute atomic E-state index is 12.2. The van der Waals surface area contributed by atoms with E-state index < -0.39 is 11.9 Å². The summed E-state index contributed by atoms with van der Waals surface area (Å²) in [4.78, 5) is 24.4. The standard InChI is InChI=1S/C24H38O4/c1-15(2)19-9-7-17(5)13-21(19)27-23(25)11-12-24(26)28-22-14-18(6)8-10-20(22)16(3)4/h15-22H,7-10,13-14H2,1-6H3. The minimum absolute atomic E-state index is 0.105. The molecule has 2 saturated carbocycles. The average Bonchev–Trinajstić information content (AvgIpc) is 2.59. The zero-order chi connectivity index (χ0) is 20.8. The Labute approximate surface area is 171 Å². The van der Waals surface area contributed by atoms with Gasteiger partial charge in [-0.15, -0.1) is 0 Å². The molecule has 0 saturated heterocycles. The van der Waals surface area contributed by atoms with E-state index in [1.54, 1.807) is 0 Å². The molecule has 4 nitrogen and oxygen atoms in total. The van der Waals surface area contributed by atoms with Gasteiger partial charge < -0.3 is 9.47 Å². The molecule has 0 bridgehead atoms. The summed E-state index contributed by atoms with van der Waals surface area (Å²) in [5.74, 6) is 6.25. The number of carbonyl (C=O) groups is 2. The van der Waals surface area contributed by atoms with Crippen LogP contribution in [0.5, 0.6) is 0 Å². The molecule has 0 aromatic heterocycles. The predicted molar refractivity (Wildman–Crippen MR) is 110 cm³/mol. The maximum Gasteiger partial charge on any atom is 0.385 e. The molecule has 0 aliphatic heterocycles.